The Kier molecular flexibility index (Phi) is 5.99. The first-order chi connectivity index (χ1) is 15.9. The third-order valence-corrected chi connectivity index (χ3v) is 7.21. The topological polar surface area (TPSA) is 83.9 Å². The molecule has 0 aromatic heterocycles. The minimum absolute atomic E-state index is 0.0297. The van der Waals surface area contributed by atoms with E-state index in [0.29, 0.717) is 48.5 Å². The van der Waals surface area contributed by atoms with E-state index in [1.165, 1.54) is 6.07 Å². The van der Waals surface area contributed by atoms with E-state index in [9.17, 15) is 19.5 Å². The first-order valence-electron chi connectivity index (χ1n) is 12.2. The van der Waals surface area contributed by atoms with Crippen molar-refractivity contribution in [1.29, 1.82) is 0 Å². The number of Topliss-reactive ketones (excluding diaryl/α,β-unsaturated/α-hetero) is 2. The Morgan fingerprint density at radius 1 is 0.971 bits per heavy atom. The first-order valence-corrected chi connectivity index (χ1v) is 12.2. The molecule has 1 aromatic rings. The van der Waals surface area contributed by atoms with Gasteiger partial charge in [0.25, 0.3) is 0 Å². The van der Waals surface area contributed by atoms with Gasteiger partial charge in [0.2, 0.25) is 0 Å². The van der Waals surface area contributed by atoms with Gasteiger partial charge in [0.05, 0.1) is 12.2 Å². The summed E-state index contributed by atoms with van der Waals surface area (Å²) in [6, 6.07) is 4.76. The van der Waals surface area contributed by atoms with Gasteiger partial charge in [-0.1, -0.05) is 27.7 Å². The van der Waals surface area contributed by atoms with Crippen molar-refractivity contribution in [3.63, 3.8) is 0 Å². The number of carboxylic acids is 1. The Hall–Kier alpha value is -2.89. The van der Waals surface area contributed by atoms with Crippen molar-refractivity contribution < 1.29 is 24.2 Å². The number of ketones is 2. The van der Waals surface area contributed by atoms with E-state index in [0.717, 1.165) is 24.2 Å². The number of benzene rings is 1. The van der Waals surface area contributed by atoms with Gasteiger partial charge in [-0.3, -0.25) is 9.59 Å². The summed E-state index contributed by atoms with van der Waals surface area (Å²) in [7, 11) is 0. The standard InChI is InChI=1S/C28H35NO5/c1-7-29-18-12-27(3,4)14-20(30)24(18)23(25-19(29)13-28(5,6)15-21(25)31)17-11-16(26(32)33)9-10-22(17)34-8-2/h9-11,23H,7-8,12-15H2,1-6H3,(H,32,33). The Morgan fingerprint density at radius 3 is 1.94 bits per heavy atom. The van der Waals surface area contributed by atoms with Crippen molar-refractivity contribution in [2.24, 2.45) is 10.8 Å². The fourth-order valence-corrected chi connectivity index (χ4v) is 5.93. The van der Waals surface area contributed by atoms with Crippen LogP contribution in [0.4, 0.5) is 0 Å². The molecule has 0 fully saturated rings. The second-order valence-corrected chi connectivity index (χ2v) is 11.3. The van der Waals surface area contributed by atoms with Crippen LogP contribution in [0.5, 0.6) is 5.75 Å². The number of nitrogens with zero attached hydrogens (tertiary/aromatic N) is 1. The van der Waals surface area contributed by atoms with Gasteiger partial charge in [-0.05, 0) is 55.7 Å². The lowest BCUT2D eigenvalue weighted by Crippen LogP contribution is -2.44. The maximum atomic E-state index is 13.7. The molecule has 0 bridgehead atoms. The molecular weight excluding hydrogens is 430 g/mol. The molecule has 0 saturated carbocycles. The molecule has 0 saturated heterocycles. The molecule has 1 aromatic carbocycles. The van der Waals surface area contributed by atoms with Crippen LogP contribution >= 0.6 is 0 Å². The number of hydrogen-bond acceptors (Lipinski definition) is 5. The van der Waals surface area contributed by atoms with E-state index >= 15 is 0 Å². The van der Waals surface area contributed by atoms with Gasteiger partial charge in [-0.2, -0.15) is 0 Å². The lowest BCUT2D eigenvalue weighted by Gasteiger charge is -2.49. The monoisotopic (exact) mass is 465 g/mol. The summed E-state index contributed by atoms with van der Waals surface area (Å²) in [6.07, 6.45) is 2.24. The summed E-state index contributed by atoms with van der Waals surface area (Å²) in [4.78, 5) is 41.5. The molecule has 0 radical (unpaired) electrons. The number of allylic oxidation sites excluding steroid dienone is 4. The molecular formula is C28H35NO5. The minimum Gasteiger partial charge on any atom is -0.494 e. The number of carbonyl (C=O) groups excluding carboxylic acids is 2. The van der Waals surface area contributed by atoms with E-state index in [1.807, 2.05) is 6.92 Å². The lowest BCUT2D eigenvalue weighted by molar-refractivity contribution is -0.119. The number of carboxylic acid groups (broad SMARTS) is 1. The minimum atomic E-state index is -1.05. The molecule has 6 heteroatoms. The maximum absolute atomic E-state index is 13.7. The second kappa shape index (κ2) is 8.40. The predicted molar refractivity (Wildman–Crippen MR) is 130 cm³/mol. The molecule has 4 rings (SSSR count). The highest BCUT2D eigenvalue weighted by Gasteiger charge is 2.49. The van der Waals surface area contributed by atoms with E-state index in [1.54, 1.807) is 12.1 Å². The van der Waals surface area contributed by atoms with Gasteiger partial charge in [0, 0.05) is 53.4 Å². The van der Waals surface area contributed by atoms with Gasteiger partial charge in [0.15, 0.2) is 11.6 Å². The zero-order valence-corrected chi connectivity index (χ0v) is 21.1. The van der Waals surface area contributed by atoms with Crippen LogP contribution in [0, 0.1) is 10.8 Å². The Labute approximate surface area is 201 Å². The van der Waals surface area contributed by atoms with Crippen molar-refractivity contribution in [1.82, 2.24) is 4.90 Å². The molecule has 0 atom stereocenters. The lowest BCUT2D eigenvalue weighted by atomic mass is 9.63. The number of aromatic carboxylic acids is 1. The van der Waals surface area contributed by atoms with E-state index in [2.05, 4.69) is 39.5 Å². The third-order valence-electron chi connectivity index (χ3n) is 7.21. The molecule has 0 spiro atoms. The molecule has 3 aliphatic rings. The summed E-state index contributed by atoms with van der Waals surface area (Å²) in [5.41, 5.74) is 3.55. The summed E-state index contributed by atoms with van der Waals surface area (Å²) in [6.45, 7) is 13.4. The van der Waals surface area contributed by atoms with E-state index in [-0.39, 0.29) is 28.0 Å². The molecule has 0 amide bonds. The highest BCUT2D eigenvalue weighted by atomic mass is 16.5. The van der Waals surface area contributed by atoms with Crippen molar-refractivity contribution in [2.45, 2.75) is 73.1 Å². The normalized spacial score (nSPS) is 22.0. The van der Waals surface area contributed by atoms with Crippen molar-refractivity contribution >= 4 is 17.5 Å². The van der Waals surface area contributed by atoms with Gasteiger partial charge < -0.3 is 14.7 Å². The fourth-order valence-electron chi connectivity index (χ4n) is 5.93. The zero-order chi connectivity index (χ0) is 25.0. The summed E-state index contributed by atoms with van der Waals surface area (Å²) in [5, 5.41) is 9.71. The molecule has 182 valence electrons. The molecule has 34 heavy (non-hydrogen) atoms. The quantitative estimate of drug-likeness (QED) is 0.619. The van der Waals surface area contributed by atoms with E-state index < -0.39 is 11.9 Å². The summed E-state index contributed by atoms with van der Waals surface area (Å²) >= 11 is 0. The van der Waals surface area contributed by atoms with Crippen LogP contribution in [0.3, 0.4) is 0 Å². The van der Waals surface area contributed by atoms with Crippen LogP contribution in [0.15, 0.2) is 40.7 Å². The summed E-state index contributed by atoms with van der Waals surface area (Å²) < 4.78 is 5.92. The molecule has 1 heterocycles. The molecule has 1 aliphatic heterocycles. The number of rotatable bonds is 5. The summed E-state index contributed by atoms with van der Waals surface area (Å²) in [5.74, 6) is -1.08. The van der Waals surface area contributed by atoms with Crippen LogP contribution in [-0.4, -0.2) is 40.7 Å². The number of ether oxygens (including phenoxy) is 1. The Bertz CT molecular complexity index is 1080. The highest BCUT2D eigenvalue weighted by Crippen LogP contribution is 2.55. The molecule has 2 aliphatic carbocycles. The zero-order valence-electron chi connectivity index (χ0n) is 21.1. The van der Waals surface area contributed by atoms with Crippen LogP contribution < -0.4 is 4.74 Å². The highest BCUT2D eigenvalue weighted by molar-refractivity contribution is 6.07. The Morgan fingerprint density at radius 2 is 1.50 bits per heavy atom. The number of hydrogen-bond donors (Lipinski definition) is 1. The number of carbonyl (C=O) groups is 3. The van der Waals surface area contributed by atoms with Crippen LogP contribution in [0.1, 0.15) is 89.1 Å². The average Bonchev–Trinajstić information content (AvgIpc) is 2.71. The first kappa shape index (κ1) is 24.2. The van der Waals surface area contributed by atoms with Gasteiger partial charge in [0.1, 0.15) is 5.75 Å². The molecule has 0 unspecified atom stereocenters. The fraction of sp³-hybridized carbons (Fsp3) is 0.536. The maximum Gasteiger partial charge on any atom is 0.335 e. The Balaban J connectivity index is 2.05. The van der Waals surface area contributed by atoms with Gasteiger partial charge >= 0.3 is 5.97 Å². The van der Waals surface area contributed by atoms with Gasteiger partial charge in [-0.15, -0.1) is 0 Å². The average molecular weight is 466 g/mol. The van der Waals surface area contributed by atoms with Crippen LogP contribution in [0.2, 0.25) is 0 Å². The smallest absolute Gasteiger partial charge is 0.335 e. The van der Waals surface area contributed by atoms with Crippen molar-refractivity contribution in [2.75, 3.05) is 13.2 Å². The van der Waals surface area contributed by atoms with Gasteiger partial charge in [-0.25, -0.2) is 4.79 Å². The molecule has 1 N–H and O–H groups in total. The molecule has 6 nitrogen and oxygen atoms in total. The van der Waals surface area contributed by atoms with Crippen LogP contribution in [0.25, 0.3) is 0 Å². The van der Waals surface area contributed by atoms with Crippen molar-refractivity contribution in [3.05, 3.63) is 51.9 Å². The van der Waals surface area contributed by atoms with E-state index in [4.69, 9.17) is 4.74 Å². The van der Waals surface area contributed by atoms with Crippen molar-refractivity contribution in [3.8, 4) is 5.75 Å². The third kappa shape index (κ3) is 4.08. The SMILES string of the molecule is CCOc1ccc(C(=O)O)cc1C1C2=C(CC(C)(C)CC2=O)N(CC)C2=C1C(=O)CC(C)(C)C2. The van der Waals surface area contributed by atoms with Crippen LogP contribution in [-0.2, 0) is 9.59 Å². The second-order valence-electron chi connectivity index (χ2n) is 11.3. The predicted octanol–water partition coefficient (Wildman–Crippen LogP) is 5.49. The largest absolute Gasteiger partial charge is 0.494 e.